The van der Waals surface area contributed by atoms with Crippen LogP contribution in [-0.4, -0.2) is 35.1 Å². The molecular formula is C11H19NO2. The Bertz CT molecular complexity index is 217. The normalized spacial score (nSPS) is 18.7. The average Bonchev–Trinajstić information content (AvgIpc) is 2.67. The molecule has 0 bridgehead atoms. The maximum atomic E-state index is 11.8. The lowest BCUT2D eigenvalue weighted by molar-refractivity contribution is -0.127. The van der Waals surface area contributed by atoms with Crippen molar-refractivity contribution in [2.45, 2.75) is 32.8 Å². The monoisotopic (exact) mass is 197 g/mol. The molecule has 1 unspecified atom stereocenters. The highest BCUT2D eigenvalue weighted by molar-refractivity contribution is 5.93. The summed E-state index contributed by atoms with van der Waals surface area (Å²) in [6, 6.07) is 0. The summed E-state index contributed by atoms with van der Waals surface area (Å²) in [6.07, 6.45) is 1.43. The number of amides is 1. The van der Waals surface area contributed by atoms with Crippen molar-refractivity contribution < 1.29 is 9.90 Å². The standard InChI is InChI=1S/C11H19NO2/c1-8(2)10(13)9(3)11(14)12-6-4-5-7-12/h8,10,13H,3-7H2,1-2H3. The van der Waals surface area contributed by atoms with Crippen LogP contribution in [0, 0.1) is 5.92 Å². The molecule has 0 aromatic heterocycles. The van der Waals surface area contributed by atoms with E-state index in [4.69, 9.17) is 0 Å². The molecule has 0 radical (unpaired) electrons. The van der Waals surface area contributed by atoms with Crippen LogP contribution in [0.4, 0.5) is 0 Å². The van der Waals surface area contributed by atoms with Crippen LogP contribution in [0.2, 0.25) is 0 Å². The van der Waals surface area contributed by atoms with Crippen LogP contribution < -0.4 is 0 Å². The van der Waals surface area contributed by atoms with Gasteiger partial charge in [0, 0.05) is 18.7 Å². The van der Waals surface area contributed by atoms with Crippen LogP contribution in [0.15, 0.2) is 12.2 Å². The Kier molecular flexibility index (Phi) is 3.69. The van der Waals surface area contributed by atoms with E-state index >= 15 is 0 Å². The zero-order valence-electron chi connectivity index (χ0n) is 8.99. The van der Waals surface area contributed by atoms with Crippen molar-refractivity contribution in [1.29, 1.82) is 0 Å². The summed E-state index contributed by atoms with van der Waals surface area (Å²) in [6.45, 7) is 9.06. The first-order valence-corrected chi connectivity index (χ1v) is 5.20. The predicted molar refractivity (Wildman–Crippen MR) is 55.8 cm³/mol. The van der Waals surface area contributed by atoms with E-state index in [2.05, 4.69) is 6.58 Å². The van der Waals surface area contributed by atoms with Crippen LogP contribution in [-0.2, 0) is 4.79 Å². The Balaban J connectivity index is 2.55. The van der Waals surface area contributed by atoms with Crippen molar-refractivity contribution in [3.05, 3.63) is 12.2 Å². The van der Waals surface area contributed by atoms with Crippen molar-refractivity contribution in [2.24, 2.45) is 5.92 Å². The van der Waals surface area contributed by atoms with E-state index in [9.17, 15) is 9.90 Å². The van der Waals surface area contributed by atoms with Crippen LogP contribution in [0.5, 0.6) is 0 Å². The van der Waals surface area contributed by atoms with Gasteiger partial charge in [-0.05, 0) is 18.8 Å². The molecule has 1 amide bonds. The molecule has 14 heavy (non-hydrogen) atoms. The molecule has 1 fully saturated rings. The van der Waals surface area contributed by atoms with Crippen LogP contribution >= 0.6 is 0 Å². The average molecular weight is 197 g/mol. The van der Waals surface area contributed by atoms with Gasteiger partial charge in [0.25, 0.3) is 5.91 Å². The van der Waals surface area contributed by atoms with Gasteiger partial charge in [0.1, 0.15) is 0 Å². The van der Waals surface area contributed by atoms with E-state index in [-0.39, 0.29) is 11.8 Å². The van der Waals surface area contributed by atoms with Crippen molar-refractivity contribution in [3.8, 4) is 0 Å². The third-order valence-electron chi connectivity index (χ3n) is 2.66. The zero-order valence-corrected chi connectivity index (χ0v) is 8.99. The molecule has 80 valence electrons. The van der Waals surface area contributed by atoms with Gasteiger partial charge in [0.15, 0.2) is 0 Å². The van der Waals surface area contributed by atoms with Gasteiger partial charge in [-0.25, -0.2) is 0 Å². The number of carbonyl (C=O) groups excluding carboxylic acids is 1. The quantitative estimate of drug-likeness (QED) is 0.690. The Hall–Kier alpha value is -0.830. The van der Waals surface area contributed by atoms with E-state index in [1.807, 2.05) is 13.8 Å². The van der Waals surface area contributed by atoms with Crippen molar-refractivity contribution in [3.63, 3.8) is 0 Å². The fraction of sp³-hybridized carbons (Fsp3) is 0.727. The van der Waals surface area contributed by atoms with E-state index in [0.29, 0.717) is 5.57 Å². The molecule has 3 nitrogen and oxygen atoms in total. The highest BCUT2D eigenvalue weighted by atomic mass is 16.3. The predicted octanol–water partition coefficient (Wildman–Crippen LogP) is 1.18. The summed E-state index contributed by atoms with van der Waals surface area (Å²) in [5, 5.41) is 9.68. The molecule has 0 spiro atoms. The second-order valence-corrected chi connectivity index (χ2v) is 4.21. The summed E-state index contributed by atoms with van der Waals surface area (Å²) in [5.74, 6) is -0.0299. The van der Waals surface area contributed by atoms with Crippen LogP contribution in [0.1, 0.15) is 26.7 Å². The minimum atomic E-state index is -0.705. The lowest BCUT2D eigenvalue weighted by Crippen LogP contribution is -2.34. The number of aliphatic hydroxyl groups is 1. The molecule has 1 aliphatic heterocycles. The largest absolute Gasteiger partial charge is 0.388 e. The molecule has 1 rings (SSSR count). The Morgan fingerprint density at radius 3 is 2.29 bits per heavy atom. The highest BCUT2D eigenvalue weighted by Gasteiger charge is 2.25. The maximum Gasteiger partial charge on any atom is 0.251 e. The Morgan fingerprint density at radius 2 is 1.86 bits per heavy atom. The van der Waals surface area contributed by atoms with E-state index in [0.717, 1.165) is 25.9 Å². The maximum absolute atomic E-state index is 11.8. The van der Waals surface area contributed by atoms with Gasteiger partial charge in [-0.3, -0.25) is 4.79 Å². The van der Waals surface area contributed by atoms with Gasteiger partial charge < -0.3 is 10.0 Å². The van der Waals surface area contributed by atoms with Crippen LogP contribution in [0.25, 0.3) is 0 Å². The SMILES string of the molecule is C=C(C(=O)N1CCCC1)C(O)C(C)C. The minimum Gasteiger partial charge on any atom is -0.388 e. The molecule has 0 aliphatic carbocycles. The fourth-order valence-electron chi connectivity index (χ4n) is 1.65. The number of rotatable bonds is 3. The molecule has 0 aromatic carbocycles. The van der Waals surface area contributed by atoms with E-state index in [1.165, 1.54) is 0 Å². The summed E-state index contributed by atoms with van der Waals surface area (Å²) in [7, 11) is 0. The second-order valence-electron chi connectivity index (χ2n) is 4.21. The topological polar surface area (TPSA) is 40.5 Å². The third-order valence-corrected chi connectivity index (χ3v) is 2.66. The molecule has 1 aliphatic rings. The lowest BCUT2D eigenvalue weighted by atomic mass is 9.99. The molecule has 1 atom stereocenters. The summed E-state index contributed by atoms with van der Waals surface area (Å²) < 4.78 is 0. The van der Waals surface area contributed by atoms with Gasteiger partial charge in [-0.15, -0.1) is 0 Å². The zero-order chi connectivity index (χ0) is 10.7. The van der Waals surface area contributed by atoms with E-state index < -0.39 is 6.10 Å². The second kappa shape index (κ2) is 4.60. The van der Waals surface area contributed by atoms with Crippen molar-refractivity contribution >= 4 is 5.91 Å². The molecule has 0 saturated carbocycles. The number of aliphatic hydroxyl groups excluding tert-OH is 1. The summed E-state index contributed by atoms with van der Waals surface area (Å²) in [5.41, 5.74) is 0.335. The summed E-state index contributed by atoms with van der Waals surface area (Å²) in [4.78, 5) is 13.5. The minimum absolute atomic E-state index is 0.0500. The highest BCUT2D eigenvalue weighted by Crippen LogP contribution is 2.16. The van der Waals surface area contributed by atoms with Gasteiger partial charge in [0.05, 0.1) is 6.10 Å². The first-order chi connectivity index (χ1) is 6.54. The molecule has 1 N–H and O–H groups in total. The smallest absolute Gasteiger partial charge is 0.251 e. The third kappa shape index (κ3) is 2.35. The van der Waals surface area contributed by atoms with Gasteiger partial charge in [-0.1, -0.05) is 20.4 Å². The molecule has 3 heteroatoms. The van der Waals surface area contributed by atoms with Gasteiger partial charge >= 0.3 is 0 Å². The molecular weight excluding hydrogens is 178 g/mol. The number of hydrogen-bond acceptors (Lipinski definition) is 2. The number of nitrogens with zero attached hydrogens (tertiary/aromatic N) is 1. The Labute approximate surface area is 85.4 Å². The van der Waals surface area contributed by atoms with E-state index in [1.54, 1.807) is 4.90 Å². The summed E-state index contributed by atoms with van der Waals surface area (Å²) >= 11 is 0. The Morgan fingerprint density at radius 1 is 1.36 bits per heavy atom. The lowest BCUT2D eigenvalue weighted by Gasteiger charge is -2.21. The first-order valence-electron chi connectivity index (χ1n) is 5.20. The molecule has 1 heterocycles. The first kappa shape index (κ1) is 11.2. The van der Waals surface area contributed by atoms with Gasteiger partial charge in [-0.2, -0.15) is 0 Å². The molecule has 1 saturated heterocycles. The number of likely N-dealkylation sites (tertiary alicyclic amines) is 1. The fourth-order valence-corrected chi connectivity index (χ4v) is 1.65. The van der Waals surface area contributed by atoms with Crippen molar-refractivity contribution in [1.82, 2.24) is 4.90 Å². The van der Waals surface area contributed by atoms with Crippen molar-refractivity contribution in [2.75, 3.05) is 13.1 Å². The van der Waals surface area contributed by atoms with Crippen LogP contribution in [0.3, 0.4) is 0 Å². The van der Waals surface area contributed by atoms with Gasteiger partial charge in [0.2, 0.25) is 0 Å². The number of carbonyl (C=O) groups is 1. The number of hydrogen-bond donors (Lipinski definition) is 1. The molecule has 0 aromatic rings.